The minimum Gasteiger partial charge on any atom is -0.497 e. The molecule has 2 amide bonds. The summed E-state index contributed by atoms with van der Waals surface area (Å²) in [5.41, 5.74) is 2.16. The van der Waals surface area contributed by atoms with E-state index in [9.17, 15) is 14.0 Å². The fraction of sp³-hybridized carbons (Fsp3) is 0.312. The highest BCUT2D eigenvalue weighted by atomic mass is 32.2. The molecule has 0 aliphatic carbocycles. The van der Waals surface area contributed by atoms with Gasteiger partial charge in [0.15, 0.2) is 5.16 Å². The van der Waals surface area contributed by atoms with Gasteiger partial charge in [-0.3, -0.25) is 14.2 Å². The molecule has 3 aromatic carbocycles. The lowest BCUT2D eigenvalue weighted by atomic mass is 10.1. The predicted molar refractivity (Wildman–Crippen MR) is 161 cm³/mol. The van der Waals surface area contributed by atoms with Gasteiger partial charge in [-0.25, -0.2) is 4.39 Å². The highest BCUT2D eigenvalue weighted by molar-refractivity contribution is 7.99. The highest BCUT2D eigenvalue weighted by Gasteiger charge is 2.31. The van der Waals surface area contributed by atoms with Gasteiger partial charge < -0.3 is 14.5 Å². The molecule has 1 fully saturated rings. The Bertz CT molecular complexity index is 1510. The van der Waals surface area contributed by atoms with E-state index in [4.69, 9.17) is 4.74 Å². The Kier molecular flexibility index (Phi) is 9.53. The Balaban J connectivity index is 1.17. The number of methoxy groups -OCH3 is 1. The number of aromatic nitrogens is 3. The summed E-state index contributed by atoms with van der Waals surface area (Å²) in [4.78, 5) is 29.4. The number of hydrogen-bond acceptors (Lipinski definition) is 6. The largest absolute Gasteiger partial charge is 0.497 e. The maximum Gasteiger partial charge on any atom is 0.257 e. The van der Waals surface area contributed by atoms with Gasteiger partial charge in [0.05, 0.1) is 12.7 Å². The van der Waals surface area contributed by atoms with Crippen molar-refractivity contribution in [1.29, 1.82) is 0 Å². The molecule has 1 aliphatic heterocycles. The smallest absolute Gasteiger partial charge is 0.257 e. The number of nitrogens with zero attached hydrogens (tertiary/aromatic N) is 5. The third-order valence-electron chi connectivity index (χ3n) is 7.35. The molecule has 5 rings (SSSR count). The molecule has 1 aromatic heterocycles. The molecule has 8 nitrogen and oxygen atoms in total. The molecule has 0 N–H and O–H groups in total. The molecule has 4 aromatic rings. The molecule has 1 atom stereocenters. The van der Waals surface area contributed by atoms with Crippen molar-refractivity contribution in [3.8, 4) is 11.4 Å². The number of piperazine rings is 1. The van der Waals surface area contributed by atoms with E-state index in [2.05, 4.69) is 26.9 Å². The van der Waals surface area contributed by atoms with Gasteiger partial charge in [0.2, 0.25) is 5.91 Å². The van der Waals surface area contributed by atoms with Crippen molar-refractivity contribution in [1.82, 2.24) is 24.6 Å². The van der Waals surface area contributed by atoms with E-state index in [1.807, 2.05) is 49.4 Å². The van der Waals surface area contributed by atoms with Crippen molar-refractivity contribution in [3.63, 3.8) is 0 Å². The number of hydrogen-bond donors (Lipinski definition) is 0. The summed E-state index contributed by atoms with van der Waals surface area (Å²) in [6.07, 6.45) is 1.72. The van der Waals surface area contributed by atoms with Crippen LogP contribution in [0.4, 0.5) is 4.39 Å². The molecule has 1 aliphatic rings. The first-order valence-corrected chi connectivity index (χ1v) is 15.0. The van der Waals surface area contributed by atoms with Crippen LogP contribution in [0, 0.1) is 5.82 Å². The van der Waals surface area contributed by atoms with Gasteiger partial charge in [-0.1, -0.05) is 54.2 Å². The molecule has 0 spiro atoms. The van der Waals surface area contributed by atoms with Crippen molar-refractivity contribution >= 4 is 23.6 Å². The maximum atomic E-state index is 14.1. The molecule has 218 valence electrons. The van der Waals surface area contributed by atoms with Crippen LogP contribution in [0.2, 0.25) is 0 Å². The van der Waals surface area contributed by atoms with Crippen LogP contribution in [0.5, 0.6) is 5.75 Å². The Labute approximate surface area is 249 Å². The monoisotopic (exact) mass is 587 g/mol. The molecule has 0 radical (unpaired) electrons. The van der Waals surface area contributed by atoms with Gasteiger partial charge in [0, 0.05) is 50.0 Å². The van der Waals surface area contributed by atoms with E-state index in [1.165, 1.54) is 12.1 Å². The van der Waals surface area contributed by atoms with E-state index in [1.54, 1.807) is 40.8 Å². The number of ether oxygens (including phenoxy) is 1. The number of amides is 2. The second-order valence-corrected chi connectivity index (χ2v) is 11.3. The van der Waals surface area contributed by atoms with E-state index >= 15 is 0 Å². The standard InChI is InChI=1S/C32H34FN5O3S/c1-23-22-36(18-19-37(23)31(40)27-11-6-7-12-28(27)33)30(39)13-8-20-42-32-35-34-29(21-24-9-4-3-5-10-24)38(32)25-14-16-26(41-2)17-15-25/h3-7,9-12,14-17,23H,8,13,18-22H2,1-2H3. The second-order valence-electron chi connectivity index (χ2n) is 10.2. The van der Waals surface area contributed by atoms with Crippen molar-refractivity contribution in [2.24, 2.45) is 0 Å². The highest BCUT2D eigenvalue weighted by Crippen LogP contribution is 2.26. The first kappa shape index (κ1) is 29.3. The molecular weight excluding hydrogens is 553 g/mol. The fourth-order valence-corrected chi connectivity index (χ4v) is 6.01. The number of rotatable bonds is 10. The number of benzene rings is 3. The third-order valence-corrected chi connectivity index (χ3v) is 8.36. The van der Waals surface area contributed by atoms with Crippen molar-refractivity contribution < 1.29 is 18.7 Å². The summed E-state index contributed by atoms with van der Waals surface area (Å²) < 4.78 is 21.5. The number of carbonyl (C=O) groups is 2. The normalized spacial score (nSPS) is 15.1. The summed E-state index contributed by atoms with van der Waals surface area (Å²) in [6, 6.07) is 23.8. The lowest BCUT2D eigenvalue weighted by Gasteiger charge is -2.40. The molecule has 2 heterocycles. The van der Waals surface area contributed by atoms with Crippen LogP contribution in [0.3, 0.4) is 0 Å². The summed E-state index contributed by atoms with van der Waals surface area (Å²) in [5, 5.41) is 9.76. The van der Waals surface area contributed by atoms with Gasteiger partial charge >= 0.3 is 0 Å². The Hall–Kier alpha value is -4.18. The van der Waals surface area contributed by atoms with Gasteiger partial charge in [-0.2, -0.15) is 0 Å². The Morgan fingerprint density at radius 1 is 0.976 bits per heavy atom. The summed E-state index contributed by atoms with van der Waals surface area (Å²) in [6.45, 7) is 3.14. The van der Waals surface area contributed by atoms with Crippen molar-refractivity contribution in [2.45, 2.75) is 37.4 Å². The minimum absolute atomic E-state index is 0.0572. The van der Waals surface area contributed by atoms with E-state index in [0.717, 1.165) is 28.0 Å². The zero-order valence-corrected chi connectivity index (χ0v) is 24.6. The SMILES string of the molecule is COc1ccc(-n2c(Cc3ccccc3)nnc2SCCCC(=O)N2CCN(C(=O)c3ccccc3F)C(C)C2)cc1. The first-order chi connectivity index (χ1) is 20.4. The summed E-state index contributed by atoms with van der Waals surface area (Å²) in [5.74, 6) is 1.50. The maximum absolute atomic E-state index is 14.1. The lowest BCUT2D eigenvalue weighted by Crippen LogP contribution is -2.55. The molecular formula is C32H34FN5O3S. The second kappa shape index (κ2) is 13.7. The molecule has 1 unspecified atom stereocenters. The Morgan fingerprint density at radius 2 is 1.71 bits per heavy atom. The third kappa shape index (κ3) is 6.82. The van der Waals surface area contributed by atoms with Crippen LogP contribution in [0.25, 0.3) is 5.69 Å². The quantitative estimate of drug-likeness (QED) is 0.186. The topological polar surface area (TPSA) is 80.6 Å². The van der Waals surface area contributed by atoms with E-state index < -0.39 is 5.82 Å². The van der Waals surface area contributed by atoms with Crippen LogP contribution in [0.1, 0.15) is 41.5 Å². The number of carbonyl (C=O) groups excluding carboxylic acids is 2. The van der Waals surface area contributed by atoms with E-state index in [-0.39, 0.29) is 23.4 Å². The number of thioether (sulfide) groups is 1. The van der Waals surface area contributed by atoms with Gasteiger partial charge in [0.1, 0.15) is 17.4 Å². The molecule has 42 heavy (non-hydrogen) atoms. The minimum atomic E-state index is -0.527. The van der Waals surface area contributed by atoms with Gasteiger partial charge in [-0.15, -0.1) is 10.2 Å². The fourth-order valence-electron chi connectivity index (χ4n) is 5.10. The molecule has 10 heteroatoms. The van der Waals surface area contributed by atoms with Crippen molar-refractivity contribution in [3.05, 3.63) is 102 Å². The predicted octanol–water partition coefficient (Wildman–Crippen LogP) is 5.25. The number of halogens is 1. The summed E-state index contributed by atoms with van der Waals surface area (Å²) >= 11 is 1.57. The average molecular weight is 588 g/mol. The van der Waals surface area contributed by atoms with Crippen LogP contribution in [0.15, 0.2) is 84.0 Å². The van der Waals surface area contributed by atoms with Crippen LogP contribution in [-0.2, 0) is 11.2 Å². The van der Waals surface area contributed by atoms with Gasteiger partial charge in [-0.05, 0) is 55.3 Å². The zero-order valence-electron chi connectivity index (χ0n) is 23.8. The van der Waals surface area contributed by atoms with Crippen molar-refractivity contribution in [2.75, 3.05) is 32.5 Å². The average Bonchev–Trinajstić information content (AvgIpc) is 3.41. The molecule has 1 saturated heterocycles. The van der Waals surface area contributed by atoms with Crippen LogP contribution < -0.4 is 4.74 Å². The van der Waals surface area contributed by atoms with E-state index in [0.29, 0.717) is 44.6 Å². The zero-order chi connectivity index (χ0) is 29.5. The summed E-state index contributed by atoms with van der Waals surface area (Å²) in [7, 11) is 1.64. The van der Waals surface area contributed by atoms with Crippen LogP contribution >= 0.6 is 11.8 Å². The molecule has 0 bridgehead atoms. The Morgan fingerprint density at radius 3 is 2.43 bits per heavy atom. The lowest BCUT2D eigenvalue weighted by molar-refractivity contribution is -0.133. The molecule has 0 saturated carbocycles. The van der Waals surface area contributed by atoms with Crippen LogP contribution in [-0.4, -0.2) is 74.9 Å². The first-order valence-electron chi connectivity index (χ1n) is 14.0. The van der Waals surface area contributed by atoms with Gasteiger partial charge in [0.25, 0.3) is 5.91 Å².